The highest BCUT2D eigenvalue weighted by Crippen LogP contribution is 2.66. The molecule has 1 N–H and O–H groups in total. The Balaban J connectivity index is 1.33. The zero-order valence-corrected chi connectivity index (χ0v) is 22.7. The number of fused-ring (bicyclic) bond motifs is 5. The molecule has 0 heterocycles. The van der Waals surface area contributed by atoms with Crippen LogP contribution in [0, 0.1) is 45.8 Å². The molecule has 4 aliphatic rings. The minimum Gasteiger partial charge on any atom is -0.494 e. The van der Waals surface area contributed by atoms with E-state index in [2.05, 4.69) is 63.4 Å². The van der Waals surface area contributed by atoms with Crippen molar-refractivity contribution in [2.45, 2.75) is 85.1 Å². The summed E-state index contributed by atoms with van der Waals surface area (Å²) in [7, 11) is 0. The number of nitrogens with zero attached hydrogens (tertiary/aromatic N) is 1. The minimum absolute atomic E-state index is 0.0597. The van der Waals surface area contributed by atoms with Crippen LogP contribution in [0.2, 0.25) is 0 Å². The van der Waals surface area contributed by atoms with E-state index in [0.29, 0.717) is 24.4 Å². The second-order valence-electron chi connectivity index (χ2n) is 12.7. The molecule has 0 saturated heterocycles. The Morgan fingerprint density at radius 2 is 1.89 bits per heavy atom. The van der Waals surface area contributed by atoms with Gasteiger partial charge in [-0.2, -0.15) is 5.26 Å². The van der Waals surface area contributed by atoms with Crippen molar-refractivity contribution in [2.24, 2.45) is 34.5 Å². The standard InChI is InChI=1S/C32H42N2O2/c1-6-36-24-10-7-22(8-11-24)30(2,3)34-29(35)28-14-13-26-25-12-9-23-19-21(20-33)15-17-31(23,4)27(25)16-18-32(26,28)5/h7-11,19,25-28H,6,12-18H2,1-5H3,(H,34,35)/t25-,26-,27-,28+,31-,32-/m0/s1. The predicted molar refractivity (Wildman–Crippen MR) is 143 cm³/mol. The lowest BCUT2D eigenvalue weighted by Crippen LogP contribution is -2.52. The van der Waals surface area contributed by atoms with Crippen LogP contribution in [0.4, 0.5) is 0 Å². The number of carbonyl (C=O) groups is 1. The van der Waals surface area contributed by atoms with Gasteiger partial charge in [0.1, 0.15) is 5.75 Å². The van der Waals surface area contributed by atoms with Crippen molar-refractivity contribution in [1.29, 1.82) is 5.26 Å². The van der Waals surface area contributed by atoms with Crippen LogP contribution in [0.15, 0.2) is 47.6 Å². The quantitative estimate of drug-likeness (QED) is 0.484. The summed E-state index contributed by atoms with van der Waals surface area (Å²) in [6, 6.07) is 10.5. The first kappa shape index (κ1) is 25.1. The molecule has 4 nitrogen and oxygen atoms in total. The normalized spacial score (nSPS) is 35.3. The van der Waals surface area contributed by atoms with E-state index < -0.39 is 5.54 Å². The van der Waals surface area contributed by atoms with Gasteiger partial charge in [0.05, 0.1) is 18.2 Å². The van der Waals surface area contributed by atoms with Crippen molar-refractivity contribution >= 4 is 5.91 Å². The minimum atomic E-state index is -0.434. The average Bonchev–Trinajstić information content (AvgIpc) is 3.21. The zero-order valence-electron chi connectivity index (χ0n) is 22.7. The van der Waals surface area contributed by atoms with Crippen LogP contribution < -0.4 is 10.1 Å². The van der Waals surface area contributed by atoms with Crippen LogP contribution in [0.25, 0.3) is 0 Å². The fourth-order valence-electron chi connectivity index (χ4n) is 8.45. The van der Waals surface area contributed by atoms with Crippen LogP contribution in [-0.4, -0.2) is 12.5 Å². The lowest BCUT2D eigenvalue weighted by atomic mass is 9.48. The molecule has 5 rings (SSSR count). The van der Waals surface area contributed by atoms with Gasteiger partial charge < -0.3 is 10.1 Å². The molecule has 192 valence electrons. The summed E-state index contributed by atoms with van der Waals surface area (Å²) in [5.41, 5.74) is 3.24. The van der Waals surface area contributed by atoms with Crippen LogP contribution in [0.5, 0.6) is 5.75 Å². The van der Waals surface area contributed by atoms with Gasteiger partial charge in [-0.25, -0.2) is 0 Å². The number of nitrogens with one attached hydrogen (secondary N) is 1. The maximum Gasteiger partial charge on any atom is 0.224 e. The largest absolute Gasteiger partial charge is 0.494 e. The lowest BCUT2D eigenvalue weighted by Gasteiger charge is -2.57. The second kappa shape index (κ2) is 9.09. The molecular formula is C32H42N2O2. The van der Waals surface area contributed by atoms with Crippen LogP contribution >= 0.6 is 0 Å². The van der Waals surface area contributed by atoms with Crippen LogP contribution in [0.1, 0.15) is 85.1 Å². The Hall–Kier alpha value is -2.54. The number of hydrogen-bond donors (Lipinski definition) is 1. The highest BCUT2D eigenvalue weighted by molar-refractivity contribution is 5.81. The number of rotatable bonds is 5. The first-order chi connectivity index (χ1) is 17.1. The van der Waals surface area contributed by atoms with Crippen molar-refractivity contribution in [3.8, 4) is 11.8 Å². The molecule has 0 spiro atoms. The van der Waals surface area contributed by atoms with Crippen LogP contribution in [0.3, 0.4) is 0 Å². The molecule has 0 unspecified atom stereocenters. The maximum absolute atomic E-state index is 13.8. The number of benzene rings is 1. The highest BCUT2D eigenvalue weighted by Gasteiger charge is 2.59. The van der Waals surface area contributed by atoms with Crippen molar-refractivity contribution < 1.29 is 9.53 Å². The topological polar surface area (TPSA) is 62.1 Å². The van der Waals surface area contributed by atoms with E-state index in [0.717, 1.165) is 55.4 Å². The summed E-state index contributed by atoms with van der Waals surface area (Å²) in [6.45, 7) is 11.7. The third kappa shape index (κ3) is 4.00. The van der Waals surface area contributed by atoms with E-state index in [9.17, 15) is 10.1 Å². The Labute approximate surface area is 217 Å². The van der Waals surface area contributed by atoms with Crippen molar-refractivity contribution in [3.05, 3.63) is 53.1 Å². The number of allylic oxidation sites excluding steroid dienone is 4. The molecule has 0 bridgehead atoms. The molecule has 0 aromatic heterocycles. The molecule has 6 atom stereocenters. The van der Waals surface area contributed by atoms with Gasteiger partial charge >= 0.3 is 0 Å². The molecule has 36 heavy (non-hydrogen) atoms. The van der Waals surface area contributed by atoms with Gasteiger partial charge in [-0.3, -0.25) is 4.79 Å². The van der Waals surface area contributed by atoms with Gasteiger partial charge in [0, 0.05) is 11.5 Å². The average molecular weight is 487 g/mol. The van der Waals surface area contributed by atoms with E-state index in [1.54, 1.807) is 0 Å². The molecule has 0 radical (unpaired) electrons. The van der Waals surface area contributed by atoms with E-state index in [-0.39, 0.29) is 22.7 Å². The first-order valence-electron chi connectivity index (χ1n) is 14.0. The summed E-state index contributed by atoms with van der Waals surface area (Å²) >= 11 is 0. The van der Waals surface area contributed by atoms with Gasteiger partial charge in [-0.15, -0.1) is 0 Å². The molecule has 1 aromatic rings. The number of carbonyl (C=O) groups excluding carboxylic acids is 1. The predicted octanol–water partition coefficient (Wildman–Crippen LogP) is 7.08. The van der Waals surface area contributed by atoms with Crippen molar-refractivity contribution in [3.63, 3.8) is 0 Å². The van der Waals surface area contributed by atoms with Gasteiger partial charge in [0.2, 0.25) is 5.91 Å². The number of hydrogen-bond acceptors (Lipinski definition) is 3. The van der Waals surface area contributed by atoms with E-state index in [1.165, 1.54) is 12.0 Å². The summed E-state index contributed by atoms with van der Waals surface area (Å²) in [5, 5.41) is 12.9. The fraction of sp³-hybridized carbons (Fsp3) is 0.625. The Bertz CT molecular complexity index is 1120. The number of ether oxygens (including phenoxy) is 1. The molecule has 2 saturated carbocycles. The van der Waals surface area contributed by atoms with Gasteiger partial charge in [-0.05, 0) is 124 Å². The molecule has 1 amide bonds. The van der Waals surface area contributed by atoms with Crippen LogP contribution in [-0.2, 0) is 10.3 Å². The monoisotopic (exact) mass is 486 g/mol. The van der Waals surface area contributed by atoms with Gasteiger partial charge in [0.25, 0.3) is 0 Å². The highest BCUT2D eigenvalue weighted by atomic mass is 16.5. The van der Waals surface area contributed by atoms with Crippen molar-refractivity contribution in [1.82, 2.24) is 5.32 Å². The Morgan fingerprint density at radius 3 is 2.58 bits per heavy atom. The molecule has 1 aromatic carbocycles. The third-order valence-corrected chi connectivity index (χ3v) is 10.6. The maximum atomic E-state index is 13.8. The van der Waals surface area contributed by atoms with Gasteiger partial charge in [-0.1, -0.05) is 32.1 Å². The van der Waals surface area contributed by atoms with E-state index >= 15 is 0 Å². The smallest absolute Gasteiger partial charge is 0.224 e. The first-order valence-corrected chi connectivity index (χ1v) is 14.0. The zero-order chi connectivity index (χ0) is 25.7. The second-order valence-corrected chi connectivity index (χ2v) is 12.7. The van der Waals surface area contributed by atoms with E-state index in [4.69, 9.17) is 4.74 Å². The fourth-order valence-corrected chi connectivity index (χ4v) is 8.45. The van der Waals surface area contributed by atoms with E-state index in [1.807, 2.05) is 19.1 Å². The molecule has 4 aliphatic carbocycles. The molecular weight excluding hydrogens is 444 g/mol. The number of amides is 1. The summed E-state index contributed by atoms with van der Waals surface area (Å²) in [6.07, 6.45) is 12.2. The molecule has 0 aliphatic heterocycles. The summed E-state index contributed by atoms with van der Waals surface area (Å²) in [5.74, 6) is 3.05. The molecule has 2 fully saturated rings. The third-order valence-electron chi connectivity index (χ3n) is 10.6. The van der Waals surface area contributed by atoms with Crippen molar-refractivity contribution in [2.75, 3.05) is 6.61 Å². The summed E-state index contributed by atoms with van der Waals surface area (Å²) in [4.78, 5) is 13.8. The number of nitriles is 1. The lowest BCUT2D eigenvalue weighted by molar-refractivity contribution is -0.133. The summed E-state index contributed by atoms with van der Waals surface area (Å²) < 4.78 is 5.59. The Kier molecular flexibility index (Phi) is 6.34. The SMILES string of the molecule is CCOc1ccc(C(C)(C)NC(=O)[C@H]2CC[C@H]3[C@@H]4CC=C5C=C(C#N)CC[C@]5(C)[C@H]4CC[C@]23C)cc1. The Morgan fingerprint density at radius 1 is 1.14 bits per heavy atom. The van der Waals surface area contributed by atoms with Gasteiger partial charge in [0.15, 0.2) is 0 Å². The molecule has 4 heteroatoms.